The maximum atomic E-state index is 9.72. The van der Waals surface area contributed by atoms with Crippen molar-refractivity contribution in [2.24, 2.45) is 0 Å². The van der Waals surface area contributed by atoms with E-state index in [1.54, 1.807) is 0 Å². The van der Waals surface area contributed by atoms with Gasteiger partial charge in [-0.15, -0.1) is 0 Å². The number of rotatable bonds is 1. The highest BCUT2D eigenvalue weighted by Gasteiger charge is 2.41. The van der Waals surface area contributed by atoms with Gasteiger partial charge >= 0.3 is 7.05 Å². The molecule has 2 aliphatic rings. The highest BCUT2D eigenvalue weighted by atomic mass is 16.2. The molecule has 2 unspecified atom stereocenters. The molecule has 3 rings (SSSR count). The predicted molar refractivity (Wildman–Crippen MR) is 71.4 cm³/mol. The van der Waals surface area contributed by atoms with Crippen LogP contribution in [0.4, 0.5) is 5.69 Å². The van der Waals surface area contributed by atoms with Gasteiger partial charge in [0.25, 0.3) is 0 Å². The predicted octanol–water partition coefficient (Wildman–Crippen LogP) is 1.40. The minimum atomic E-state index is -0.325. The Bertz CT molecular complexity index is 424. The molecule has 0 amide bonds. The monoisotopic (exact) mass is 230 g/mol. The largest absolute Gasteiger partial charge is 0.437 e. The van der Waals surface area contributed by atoms with Gasteiger partial charge in [0.2, 0.25) is 0 Å². The molecule has 0 radical (unpaired) electrons. The van der Waals surface area contributed by atoms with Crippen LogP contribution < -0.4 is 4.90 Å². The fourth-order valence-corrected chi connectivity index (χ4v) is 3.37. The topological polar surface area (TPSA) is 26.7 Å². The number of anilines is 1. The normalized spacial score (nSPS) is 27.8. The molecule has 0 bridgehead atoms. The van der Waals surface area contributed by atoms with E-state index in [2.05, 4.69) is 41.0 Å². The number of fused-ring (bicyclic) bond motifs is 3. The summed E-state index contributed by atoms with van der Waals surface area (Å²) in [4.78, 5) is 4.59. The van der Waals surface area contributed by atoms with E-state index in [9.17, 15) is 5.02 Å². The summed E-state index contributed by atoms with van der Waals surface area (Å²) in [7, 11) is 1.87. The third-order valence-corrected chi connectivity index (χ3v) is 4.35. The Morgan fingerprint density at radius 2 is 2.12 bits per heavy atom. The van der Waals surface area contributed by atoms with Crippen molar-refractivity contribution in [2.45, 2.75) is 25.2 Å². The van der Waals surface area contributed by atoms with Gasteiger partial charge in [-0.1, -0.05) is 18.2 Å². The smallest absolute Gasteiger partial charge is 0.376 e. The molecule has 0 aromatic heterocycles. The Balaban J connectivity index is 1.92. The molecular weight excluding hydrogens is 211 g/mol. The van der Waals surface area contributed by atoms with Gasteiger partial charge in [-0.05, 0) is 38.0 Å². The highest BCUT2D eigenvalue weighted by Crippen LogP contribution is 2.43. The second-order valence-corrected chi connectivity index (χ2v) is 5.26. The first-order chi connectivity index (χ1) is 8.18. The molecule has 1 fully saturated rings. The molecule has 1 N–H and O–H groups in total. The first kappa shape index (κ1) is 11.1. The van der Waals surface area contributed by atoms with Gasteiger partial charge in [-0.2, -0.15) is 0 Å². The zero-order chi connectivity index (χ0) is 12.0. The van der Waals surface area contributed by atoms with Crippen LogP contribution in [0.2, 0.25) is 6.82 Å². The minimum absolute atomic E-state index is 0.325. The molecule has 1 aromatic rings. The lowest BCUT2D eigenvalue weighted by Crippen LogP contribution is -2.49. The van der Waals surface area contributed by atoms with Crippen molar-refractivity contribution in [2.75, 3.05) is 25.0 Å². The van der Waals surface area contributed by atoms with E-state index in [1.807, 2.05) is 6.82 Å². The molecular formula is C13H19BN2O. The van der Waals surface area contributed by atoms with Gasteiger partial charge in [0.05, 0.1) is 0 Å². The summed E-state index contributed by atoms with van der Waals surface area (Å²) in [5.74, 6) is 0.555. The Hall–Kier alpha value is -0.995. The Morgan fingerprint density at radius 1 is 1.35 bits per heavy atom. The summed E-state index contributed by atoms with van der Waals surface area (Å²) in [5.41, 5.74) is 2.82. The molecule has 4 heteroatoms. The summed E-state index contributed by atoms with van der Waals surface area (Å²) in [5, 5.41) is 9.72. The quantitative estimate of drug-likeness (QED) is 0.739. The third-order valence-electron chi connectivity index (χ3n) is 4.35. The zero-order valence-electron chi connectivity index (χ0n) is 10.5. The second-order valence-electron chi connectivity index (χ2n) is 5.26. The van der Waals surface area contributed by atoms with Crippen LogP contribution in [0, 0.1) is 0 Å². The van der Waals surface area contributed by atoms with E-state index in [-0.39, 0.29) is 7.05 Å². The van der Waals surface area contributed by atoms with E-state index in [0.29, 0.717) is 12.0 Å². The molecule has 17 heavy (non-hydrogen) atoms. The number of hydrogen-bond acceptors (Lipinski definition) is 3. The molecule has 2 aliphatic heterocycles. The van der Waals surface area contributed by atoms with Gasteiger partial charge in [-0.3, -0.25) is 0 Å². The van der Waals surface area contributed by atoms with Crippen molar-refractivity contribution in [3.05, 3.63) is 29.8 Å². The molecule has 2 heterocycles. The Morgan fingerprint density at radius 3 is 2.88 bits per heavy atom. The van der Waals surface area contributed by atoms with E-state index < -0.39 is 0 Å². The SMILES string of the molecule is CB(O)N1CCC2C(C1)c1ccccc1N2C. The fraction of sp³-hybridized carbons (Fsp3) is 0.538. The van der Waals surface area contributed by atoms with Gasteiger partial charge in [0.1, 0.15) is 0 Å². The minimum Gasteiger partial charge on any atom is -0.437 e. The maximum Gasteiger partial charge on any atom is 0.376 e. The summed E-state index contributed by atoms with van der Waals surface area (Å²) < 4.78 is 0. The van der Waals surface area contributed by atoms with Gasteiger partial charge in [-0.25, -0.2) is 0 Å². The first-order valence-corrected chi connectivity index (χ1v) is 6.42. The average Bonchev–Trinajstić information content (AvgIpc) is 2.64. The molecule has 0 aliphatic carbocycles. The fourth-order valence-electron chi connectivity index (χ4n) is 3.37. The van der Waals surface area contributed by atoms with E-state index in [1.165, 1.54) is 11.3 Å². The lowest BCUT2D eigenvalue weighted by atomic mass is 9.78. The van der Waals surface area contributed by atoms with Crippen LogP contribution in [0.1, 0.15) is 17.9 Å². The van der Waals surface area contributed by atoms with Crippen molar-refractivity contribution in [3.63, 3.8) is 0 Å². The summed E-state index contributed by atoms with van der Waals surface area (Å²) in [6.07, 6.45) is 1.14. The molecule has 1 aromatic carbocycles. The van der Waals surface area contributed by atoms with Crippen LogP contribution in [-0.4, -0.2) is 43.1 Å². The highest BCUT2D eigenvalue weighted by molar-refractivity contribution is 6.45. The zero-order valence-corrected chi connectivity index (χ0v) is 10.5. The Labute approximate surface area is 103 Å². The van der Waals surface area contributed by atoms with Gasteiger partial charge < -0.3 is 14.7 Å². The van der Waals surface area contributed by atoms with E-state index in [4.69, 9.17) is 0 Å². The summed E-state index contributed by atoms with van der Waals surface area (Å²) >= 11 is 0. The van der Waals surface area contributed by atoms with Crippen molar-refractivity contribution in [3.8, 4) is 0 Å². The lowest BCUT2D eigenvalue weighted by molar-refractivity contribution is 0.267. The van der Waals surface area contributed by atoms with Gasteiger partial charge in [0, 0.05) is 24.7 Å². The molecule has 90 valence electrons. The van der Waals surface area contributed by atoms with Crippen molar-refractivity contribution >= 4 is 12.7 Å². The van der Waals surface area contributed by atoms with Crippen LogP contribution >= 0.6 is 0 Å². The number of benzene rings is 1. The Kier molecular flexibility index (Phi) is 2.64. The maximum absolute atomic E-state index is 9.72. The average molecular weight is 230 g/mol. The van der Waals surface area contributed by atoms with E-state index in [0.717, 1.165) is 19.5 Å². The summed E-state index contributed by atoms with van der Waals surface area (Å²) in [6.45, 7) is 3.84. The van der Waals surface area contributed by atoms with Crippen LogP contribution in [0.15, 0.2) is 24.3 Å². The van der Waals surface area contributed by atoms with Crippen LogP contribution in [-0.2, 0) is 0 Å². The second kappa shape index (κ2) is 4.04. The first-order valence-electron chi connectivity index (χ1n) is 6.42. The lowest BCUT2D eigenvalue weighted by Gasteiger charge is -2.38. The van der Waals surface area contributed by atoms with Gasteiger partial charge in [0.15, 0.2) is 0 Å². The van der Waals surface area contributed by atoms with Crippen molar-refractivity contribution in [1.29, 1.82) is 0 Å². The van der Waals surface area contributed by atoms with Crippen molar-refractivity contribution in [1.82, 2.24) is 4.81 Å². The van der Waals surface area contributed by atoms with Crippen molar-refractivity contribution < 1.29 is 5.02 Å². The van der Waals surface area contributed by atoms with E-state index >= 15 is 0 Å². The number of nitrogens with zero attached hydrogens (tertiary/aromatic N) is 2. The van der Waals surface area contributed by atoms with Crippen LogP contribution in [0.5, 0.6) is 0 Å². The molecule has 2 atom stereocenters. The molecule has 0 saturated carbocycles. The number of piperidine rings is 1. The summed E-state index contributed by atoms with van der Waals surface area (Å²) in [6, 6.07) is 9.29. The molecule has 0 spiro atoms. The van der Waals surface area contributed by atoms with Crippen LogP contribution in [0.3, 0.4) is 0 Å². The standard InChI is InChI=1S/C13H19BN2O/c1-14(17)16-8-7-13-11(9-16)10-5-3-4-6-12(10)15(13)2/h3-6,11,13,17H,7-9H2,1-2H3. The molecule has 3 nitrogen and oxygen atoms in total. The number of para-hydroxylation sites is 1. The molecule has 1 saturated heterocycles. The third kappa shape index (κ3) is 1.67. The number of likely N-dealkylation sites (N-methyl/N-ethyl adjacent to an activating group) is 1. The number of hydrogen-bond donors (Lipinski definition) is 1. The van der Waals surface area contributed by atoms with Crippen LogP contribution in [0.25, 0.3) is 0 Å².